The van der Waals surface area contributed by atoms with Crippen molar-refractivity contribution in [1.82, 2.24) is 4.98 Å². The van der Waals surface area contributed by atoms with E-state index >= 15 is 0 Å². The third-order valence-electron chi connectivity index (χ3n) is 3.44. The Morgan fingerprint density at radius 3 is 2.64 bits per heavy atom. The lowest BCUT2D eigenvalue weighted by molar-refractivity contribution is 0.628. The zero-order valence-electron chi connectivity index (χ0n) is 12.5. The number of nitrogens with one attached hydrogen (secondary N) is 1. The number of hydrogen-bond donors (Lipinski definition) is 1. The highest BCUT2D eigenvalue weighted by molar-refractivity contribution is 5.93. The van der Waals surface area contributed by atoms with Gasteiger partial charge in [-0.05, 0) is 43.2 Å². The first-order chi connectivity index (χ1) is 10.6. The second-order valence-corrected chi connectivity index (χ2v) is 5.20. The summed E-state index contributed by atoms with van der Waals surface area (Å²) in [5.41, 5.74) is 7.83. The SMILES string of the molecule is Cc1cc(N/N=C/c2ccc(F)cc2)c2cccc(C)c2n1. The molecule has 0 radical (unpaired) electrons. The molecule has 0 aliphatic heterocycles. The molecule has 3 rings (SSSR count). The van der Waals surface area contributed by atoms with Crippen molar-refractivity contribution >= 4 is 22.8 Å². The van der Waals surface area contributed by atoms with Gasteiger partial charge in [0.2, 0.25) is 0 Å². The van der Waals surface area contributed by atoms with Crippen molar-refractivity contribution in [3.63, 3.8) is 0 Å². The number of aromatic nitrogens is 1. The summed E-state index contributed by atoms with van der Waals surface area (Å²) < 4.78 is 12.9. The molecule has 0 saturated carbocycles. The van der Waals surface area contributed by atoms with Crippen LogP contribution in [0.4, 0.5) is 10.1 Å². The smallest absolute Gasteiger partial charge is 0.123 e. The van der Waals surface area contributed by atoms with Crippen LogP contribution in [0.2, 0.25) is 0 Å². The number of fused-ring (bicyclic) bond motifs is 1. The normalized spacial score (nSPS) is 11.2. The zero-order valence-corrected chi connectivity index (χ0v) is 12.5. The van der Waals surface area contributed by atoms with Crippen molar-refractivity contribution in [1.29, 1.82) is 0 Å². The van der Waals surface area contributed by atoms with Crippen LogP contribution in [0.25, 0.3) is 10.9 Å². The number of hydrazone groups is 1. The fourth-order valence-electron chi connectivity index (χ4n) is 2.34. The fraction of sp³-hybridized carbons (Fsp3) is 0.111. The summed E-state index contributed by atoms with van der Waals surface area (Å²) in [7, 11) is 0. The van der Waals surface area contributed by atoms with Gasteiger partial charge in [0.1, 0.15) is 5.82 Å². The molecule has 1 N–H and O–H groups in total. The van der Waals surface area contributed by atoms with E-state index < -0.39 is 0 Å². The maximum absolute atomic E-state index is 12.9. The summed E-state index contributed by atoms with van der Waals surface area (Å²) in [5.74, 6) is -0.253. The van der Waals surface area contributed by atoms with E-state index in [1.54, 1.807) is 18.3 Å². The molecule has 0 saturated heterocycles. The molecule has 0 bridgehead atoms. The van der Waals surface area contributed by atoms with E-state index in [-0.39, 0.29) is 5.82 Å². The van der Waals surface area contributed by atoms with Crippen LogP contribution in [-0.4, -0.2) is 11.2 Å². The van der Waals surface area contributed by atoms with Gasteiger partial charge in [0, 0.05) is 11.1 Å². The molecule has 0 aliphatic carbocycles. The first kappa shape index (κ1) is 14.2. The first-order valence-electron chi connectivity index (χ1n) is 7.05. The summed E-state index contributed by atoms with van der Waals surface area (Å²) in [5, 5.41) is 5.27. The third-order valence-corrected chi connectivity index (χ3v) is 3.44. The lowest BCUT2D eigenvalue weighted by Gasteiger charge is -2.08. The molecule has 0 spiro atoms. The van der Waals surface area contributed by atoms with Gasteiger partial charge in [0.05, 0.1) is 17.4 Å². The van der Waals surface area contributed by atoms with Crippen LogP contribution < -0.4 is 5.43 Å². The van der Waals surface area contributed by atoms with Gasteiger partial charge in [-0.15, -0.1) is 0 Å². The minimum absolute atomic E-state index is 0.253. The molecule has 0 aliphatic rings. The van der Waals surface area contributed by atoms with Crippen molar-refractivity contribution in [3.8, 4) is 0 Å². The van der Waals surface area contributed by atoms with Gasteiger partial charge in [-0.3, -0.25) is 10.4 Å². The lowest BCUT2D eigenvalue weighted by Crippen LogP contribution is -1.96. The second-order valence-electron chi connectivity index (χ2n) is 5.20. The largest absolute Gasteiger partial charge is 0.278 e. The van der Waals surface area contributed by atoms with Crippen molar-refractivity contribution in [2.45, 2.75) is 13.8 Å². The van der Waals surface area contributed by atoms with Gasteiger partial charge in [-0.2, -0.15) is 5.10 Å². The van der Waals surface area contributed by atoms with Crippen LogP contribution in [0.3, 0.4) is 0 Å². The lowest BCUT2D eigenvalue weighted by atomic mass is 10.1. The number of aryl methyl sites for hydroxylation is 2. The van der Waals surface area contributed by atoms with E-state index in [0.29, 0.717) is 0 Å². The van der Waals surface area contributed by atoms with Crippen molar-refractivity contribution in [2.75, 3.05) is 5.43 Å². The van der Waals surface area contributed by atoms with Gasteiger partial charge >= 0.3 is 0 Å². The second kappa shape index (κ2) is 5.93. The Morgan fingerprint density at radius 1 is 1.09 bits per heavy atom. The molecule has 0 atom stereocenters. The highest BCUT2D eigenvalue weighted by atomic mass is 19.1. The number of rotatable bonds is 3. The van der Waals surface area contributed by atoms with Crippen molar-refractivity contribution < 1.29 is 4.39 Å². The molecular formula is C18H16FN3. The molecule has 22 heavy (non-hydrogen) atoms. The molecule has 0 amide bonds. The Morgan fingerprint density at radius 2 is 1.86 bits per heavy atom. The molecule has 4 heteroatoms. The standard InChI is InChI=1S/C18H16FN3/c1-12-4-3-5-16-17(10-13(2)21-18(12)16)22-20-11-14-6-8-15(19)9-7-14/h3-11H,1-2H3,(H,21,22)/b20-11+. The monoisotopic (exact) mass is 293 g/mol. The maximum Gasteiger partial charge on any atom is 0.123 e. The van der Waals surface area contributed by atoms with E-state index in [9.17, 15) is 4.39 Å². The summed E-state index contributed by atoms with van der Waals surface area (Å²) >= 11 is 0. The fourth-order valence-corrected chi connectivity index (χ4v) is 2.34. The topological polar surface area (TPSA) is 37.3 Å². The Labute approximate surface area is 128 Å². The predicted octanol–water partition coefficient (Wildman–Crippen LogP) is 4.44. The van der Waals surface area contributed by atoms with Crippen LogP contribution in [0, 0.1) is 19.7 Å². The minimum Gasteiger partial charge on any atom is -0.278 e. The minimum atomic E-state index is -0.253. The Bertz CT molecular complexity index is 839. The van der Waals surface area contributed by atoms with Crippen molar-refractivity contribution in [2.24, 2.45) is 5.10 Å². The van der Waals surface area contributed by atoms with Crippen LogP contribution in [0.1, 0.15) is 16.8 Å². The van der Waals surface area contributed by atoms with Crippen LogP contribution in [0.15, 0.2) is 53.6 Å². The van der Waals surface area contributed by atoms with Gasteiger partial charge in [0.25, 0.3) is 0 Å². The molecular weight excluding hydrogens is 277 g/mol. The summed E-state index contributed by atoms with van der Waals surface area (Å²) in [6.45, 7) is 4.00. The Balaban J connectivity index is 1.90. The Kier molecular flexibility index (Phi) is 3.83. The average molecular weight is 293 g/mol. The van der Waals surface area contributed by atoms with Gasteiger partial charge in [-0.1, -0.05) is 30.3 Å². The highest BCUT2D eigenvalue weighted by Gasteiger charge is 2.05. The molecule has 1 heterocycles. The number of halogens is 1. The summed E-state index contributed by atoms with van der Waals surface area (Å²) in [6.07, 6.45) is 1.66. The summed E-state index contributed by atoms with van der Waals surface area (Å²) in [4.78, 5) is 4.58. The van der Waals surface area contributed by atoms with Gasteiger partial charge < -0.3 is 0 Å². The van der Waals surface area contributed by atoms with Crippen LogP contribution in [-0.2, 0) is 0 Å². The third kappa shape index (κ3) is 2.96. The number of hydrogen-bond acceptors (Lipinski definition) is 3. The number of para-hydroxylation sites is 1. The number of benzene rings is 2. The van der Waals surface area contributed by atoms with E-state index in [1.165, 1.54) is 12.1 Å². The number of pyridine rings is 1. The molecule has 3 aromatic rings. The molecule has 3 nitrogen and oxygen atoms in total. The number of nitrogens with zero attached hydrogens (tertiary/aromatic N) is 2. The summed E-state index contributed by atoms with van der Waals surface area (Å²) in [6, 6.07) is 14.2. The average Bonchev–Trinajstić information content (AvgIpc) is 2.50. The maximum atomic E-state index is 12.9. The highest BCUT2D eigenvalue weighted by Crippen LogP contribution is 2.25. The molecule has 1 aromatic heterocycles. The molecule has 0 fully saturated rings. The molecule has 2 aromatic carbocycles. The first-order valence-corrected chi connectivity index (χ1v) is 7.05. The van der Waals surface area contributed by atoms with Crippen LogP contribution in [0.5, 0.6) is 0 Å². The van der Waals surface area contributed by atoms with E-state index in [0.717, 1.165) is 33.4 Å². The Hall–Kier alpha value is -2.75. The van der Waals surface area contributed by atoms with Gasteiger partial charge in [0.15, 0.2) is 0 Å². The quantitative estimate of drug-likeness (QED) is 0.572. The van der Waals surface area contributed by atoms with Gasteiger partial charge in [-0.25, -0.2) is 4.39 Å². The number of anilines is 1. The van der Waals surface area contributed by atoms with E-state index in [1.807, 2.05) is 38.1 Å². The van der Waals surface area contributed by atoms with E-state index in [2.05, 4.69) is 15.5 Å². The predicted molar refractivity (Wildman–Crippen MR) is 88.8 cm³/mol. The van der Waals surface area contributed by atoms with Crippen LogP contribution >= 0.6 is 0 Å². The molecule has 0 unspecified atom stereocenters. The molecule has 110 valence electrons. The zero-order chi connectivity index (χ0) is 15.5. The van der Waals surface area contributed by atoms with E-state index in [4.69, 9.17) is 0 Å². The van der Waals surface area contributed by atoms with Crippen molar-refractivity contribution in [3.05, 3.63) is 71.2 Å².